The molecule has 1 amide bonds. The molecule has 1 aliphatic heterocycles. The van der Waals surface area contributed by atoms with Crippen molar-refractivity contribution in [3.63, 3.8) is 0 Å². The summed E-state index contributed by atoms with van der Waals surface area (Å²) in [6.07, 6.45) is 0. The van der Waals surface area contributed by atoms with Crippen molar-refractivity contribution in [2.75, 3.05) is 44.7 Å². The topological polar surface area (TPSA) is 79.0 Å². The number of carbonyl (C=O) groups is 1. The lowest BCUT2D eigenvalue weighted by Gasteiger charge is -2.26. The minimum atomic E-state index is -3.68. The summed E-state index contributed by atoms with van der Waals surface area (Å²) >= 11 is 6.24. The van der Waals surface area contributed by atoms with Crippen molar-refractivity contribution in [3.8, 4) is 0 Å². The lowest BCUT2D eigenvalue weighted by molar-refractivity contribution is -0.117. The SMILES string of the molecule is CCN(CC(=O)Nc1cc(S(=O)(=O)N2CCOCC2)ccc1Cl)Cc1ccccc1C. The number of hydrogen-bond acceptors (Lipinski definition) is 5. The molecule has 1 N–H and O–H groups in total. The number of nitrogens with zero attached hydrogens (tertiary/aromatic N) is 2. The van der Waals surface area contributed by atoms with Crippen molar-refractivity contribution < 1.29 is 17.9 Å². The molecule has 2 aromatic rings. The van der Waals surface area contributed by atoms with Crippen LogP contribution in [0.5, 0.6) is 0 Å². The molecule has 9 heteroatoms. The molecule has 0 radical (unpaired) electrons. The molecule has 1 heterocycles. The maximum absolute atomic E-state index is 12.9. The first kappa shape index (κ1) is 23.7. The Morgan fingerprint density at radius 3 is 2.58 bits per heavy atom. The maximum atomic E-state index is 12.9. The van der Waals surface area contributed by atoms with Gasteiger partial charge in [0.05, 0.1) is 35.4 Å². The van der Waals surface area contributed by atoms with E-state index in [1.54, 1.807) is 0 Å². The van der Waals surface area contributed by atoms with E-state index in [0.717, 1.165) is 5.56 Å². The highest BCUT2D eigenvalue weighted by Gasteiger charge is 2.27. The number of aryl methyl sites for hydroxylation is 1. The minimum absolute atomic E-state index is 0.0985. The summed E-state index contributed by atoms with van der Waals surface area (Å²) in [5, 5.41) is 3.06. The Bertz CT molecular complexity index is 1020. The van der Waals surface area contributed by atoms with Crippen molar-refractivity contribution in [3.05, 3.63) is 58.6 Å². The van der Waals surface area contributed by atoms with E-state index in [9.17, 15) is 13.2 Å². The molecule has 0 spiro atoms. The van der Waals surface area contributed by atoms with Crippen LogP contribution in [0.25, 0.3) is 0 Å². The number of rotatable bonds is 8. The Morgan fingerprint density at radius 1 is 1.19 bits per heavy atom. The number of amides is 1. The standard InChI is InChI=1S/C22H28ClN3O4S/c1-3-25(15-18-7-5-4-6-17(18)2)16-22(27)24-21-14-19(8-9-20(21)23)31(28,29)26-10-12-30-13-11-26/h4-9,14H,3,10-13,15-16H2,1-2H3,(H,24,27). The van der Waals surface area contributed by atoms with Gasteiger partial charge in [-0.25, -0.2) is 8.42 Å². The zero-order valence-corrected chi connectivity index (χ0v) is 19.4. The van der Waals surface area contributed by atoms with Gasteiger partial charge >= 0.3 is 0 Å². The molecule has 1 fully saturated rings. The Hall–Kier alpha value is -1.97. The molecule has 0 aromatic heterocycles. The van der Waals surface area contributed by atoms with Gasteiger partial charge in [-0.05, 0) is 42.8 Å². The Morgan fingerprint density at radius 2 is 1.90 bits per heavy atom. The van der Waals surface area contributed by atoms with E-state index in [2.05, 4.69) is 5.32 Å². The van der Waals surface area contributed by atoms with Gasteiger partial charge in [0.25, 0.3) is 0 Å². The monoisotopic (exact) mass is 465 g/mol. The number of likely N-dealkylation sites (N-methyl/N-ethyl adjacent to an activating group) is 1. The van der Waals surface area contributed by atoms with Crippen LogP contribution in [0.1, 0.15) is 18.1 Å². The van der Waals surface area contributed by atoms with E-state index in [-0.39, 0.29) is 28.1 Å². The average Bonchev–Trinajstić information content (AvgIpc) is 2.76. The van der Waals surface area contributed by atoms with Gasteiger partial charge in [0.2, 0.25) is 15.9 Å². The predicted molar refractivity (Wildman–Crippen MR) is 122 cm³/mol. The van der Waals surface area contributed by atoms with Crippen LogP contribution in [0.4, 0.5) is 5.69 Å². The third-order valence-corrected chi connectivity index (χ3v) is 7.51. The lowest BCUT2D eigenvalue weighted by Crippen LogP contribution is -2.40. The summed E-state index contributed by atoms with van der Waals surface area (Å²) in [5.74, 6) is -0.252. The largest absolute Gasteiger partial charge is 0.379 e. The van der Waals surface area contributed by atoms with Crippen LogP contribution in [0.15, 0.2) is 47.4 Å². The fraction of sp³-hybridized carbons (Fsp3) is 0.409. The van der Waals surface area contributed by atoms with E-state index in [1.165, 1.54) is 28.1 Å². The average molecular weight is 466 g/mol. The first-order valence-electron chi connectivity index (χ1n) is 10.3. The smallest absolute Gasteiger partial charge is 0.243 e. The quantitative estimate of drug-likeness (QED) is 0.648. The van der Waals surface area contributed by atoms with Gasteiger partial charge < -0.3 is 10.1 Å². The van der Waals surface area contributed by atoms with E-state index in [4.69, 9.17) is 16.3 Å². The van der Waals surface area contributed by atoms with E-state index >= 15 is 0 Å². The third kappa shape index (κ3) is 6.05. The van der Waals surface area contributed by atoms with Crippen molar-refractivity contribution in [1.29, 1.82) is 0 Å². The van der Waals surface area contributed by atoms with Crippen molar-refractivity contribution in [2.24, 2.45) is 0 Å². The number of hydrogen-bond donors (Lipinski definition) is 1. The van der Waals surface area contributed by atoms with E-state index in [1.807, 2.05) is 43.0 Å². The second-order valence-corrected chi connectivity index (χ2v) is 9.78. The Balaban J connectivity index is 1.70. The molecule has 0 unspecified atom stereocenters. The first-order chi connectivity index (χ1) is 14.8. The lowest BCUT2D eigenvalue weighted by atomic mass is 10.1. The van der Waals surface area contributed by atoms with Crippen LogP contribution >= 0.6 is 11.6 Å². The molecule has 31 heavy (non-hydrogen) atoms. The summed E-state index contributed by atoms with van der Waals surface area (Å²) in [5.41, 5.74) is 2.62. The van der Waals surface area contributed by atoms with Crippen LogP contribution in [-0.2, 0) is 26.1 Å². The number of halogens is 1. The number of nitrogens with one attached hydrogen (secondary N) is 1. The number of ether oxygens (including phenoxy) is 1. The van der Waals surface area contributed by atoms with Crippen LogP contribution in [0.3, 0.4) is 0 Å². The Labute approximate surface area is 189 Å². The molecule has 3 rings (SSSR count). The summed E-state index contributed by atoms with van der Waals surface area (Å²) in [6.45, 7) is 6.89. The fourth-order valence-corrected chi connectivity index (χ4v) is 5.00. The van der Waals surface area contributed by atoms with Gasteiger partial charge in [0, 0.05) is 19.6 Å². The Kier molecular flexibility index (Phi) is 8.07. The molecular weight excluding hydrogens is 438 g/mol. The predicted octanol–water partition coefficient (Wildman–Crippen LogP) is 3.13. The van der Waals surface area contributed by atoms with Crippen molar-refractivity contribution in [2.45, 2.75) is 25.3 Å². The van der Waals surface area contributed by atoms with Crippen LogP contribution in [-0.4, -0.2) is 62.9 Å². The summed E-state index contributed by atoms with van der Waals surface area (Å²) in [6, 6.07) is 12.4. The normalized spacial score (nSPS) is 15.2. The summed E-state index contributed by atoms with van der Waals surface area (Å²) in [7, 11) is -3.68. The summed E-state index contributed by atoms with van der Waals surface area (Å²) in [4.78, 5) is 14.8. The highest BCUT2D eigenvalue weighted by Crippen LogP contribution is 2.27. The second-order valence-electron chi connectivity index (χ2n) is 7.44. The molecule has 0 saturated carbocycles. The third-order valence-electron chi connectivity index (χ3n) is 5.29. The molecule has 168 valence electrons. The fourth-order valence-electron chi connectivity index (χ4n) is 3.40. The number of anilines is 1. The van der Waals surface area contributed by atoms with Crippen LogP contribution in [0, 0.1) is 6.92 Å². The molecule has 0 bridgehead atoms. The molecule has 0 atom stereocenters. The first-order valence-corrected chi connectivity index (χ1v) is 12.1. The number of sulfonamides is 1. The molecule has 0 aliphatic carbocycles. The highest BCUT2D eigenvalue weighted by molar-refractivity contribution is 7.89. The summed E-state index contributed by atoms with van der Waals surface area (Å²) < 4.78 is 32.4. The van der Waals surface area contributed by atoms with Gasteiger partial charge in [0.15, 0.2) is 0 Å². The molecule has 2 aromatic carbocycles. The molecule has 1 aliphatic rings. The number of morpholine rings is 1. The minimum Gasteiger partial charge on any atom is -0.379 e. The number of benzene rings is 2. The van der Waals surface area contributed by atoms with E-state index < -0.39 is 10.0 Å². The van der Waals surface area contributed by atoms with Crippen molar-refractivity contribution in [1.82, 2.24) is 9.21 Å². The van der Waals surface area contributed by atoms with E-state index in [0.29, 0.717) is 39.4 Å². The van der Waals surface area contributed by atoms with Crippen LogP contribution in [0.2, 0.25) is 5.02 Å². The van der Waals surface area contributed by atoms with Crippen LogP contribution < -0.4 is 5.32 Å². The molecule has 7 nitrogen and oxygen atoms in total. The van der Waals surface area contributed by atoms with Gasteiger partial charge in [-0.15, -0.1) is 0 Å². The number of carbonyl (C=O) groups excluding carboxylic acids is 1. The van der Waals surface area contributed by atoms with Gasteiger partial charge in [-0.2, -0.15) is 4.31 Å². The zero-order chi connectivity index (χ0) is 22.4. The highest BCUT2D eigenvalue weighted by atomic mass is 35.5. The molecular formula is C22H28ClN3O4S. The maximum Gasteiger partial charge on any atom is 0.243 e. The molecule has 1 saturated heterocycles. The van der Waals surface area contributed by atoms with Gasteiger partial charge in [-0.3, -0.25) is 9.69 Å². The van der Waals surface area contributed by atoms with Gasteiger partial charge in [0.1, 0.15) is 0 Å². The zero-order valence-electron chi connectivity index (χ0n) is 17.8. The van der Waals surface area contributed by atoms with Gasteiger partial charge in [-0.1, -0.05) is 42.8 Å². The van der Waals surface area contributed by atoms with Crippen molar-refractivity contribution >= 4 is 33.2 Å². The second kappa shape index (κ2) is 10.6.